The van der Waals surface area contributed by atoms with Gasteiger partial charge in [0.25, 0.3) is 0 Å². The molecule has 1 rings (SSSR count). The number of rotatable bonds is 8. The molecule has 0 spiro atoms. The molecule has 140 valence electrons. The van der Waals surface area contributed by atoms with E-state index in [-0.39, 0.29) is 35.3 Å². The van der Waals surface area contributed by atoms with Crippen LogP contribution in [0.3, 0.4) is 0 Å². The van der Waals surface area contributed by atoms with Gasteiger partial charge in [0.15, 0.2) is 5.76 Å². The maximum absolute atomic E-state index is 12.4. The van der Waals surface area contributed by atoms with Crippen molar-refractivity contribution in [3.8, 4) is 0 Å². The summed E-state index contributed by atoms with van der Waals surface area (Å²) in [5.41, 5.74) is 5.47. The number of carbonyl (C=O) groups excluding carboxylic acids is 1. The quantitative estimate of drug-likeness (QED) is 0.615. The number of amides is 1. The van der Waals surface area contributed by atoms with E-state index < -0.39 is 27.5 Å². The molecule has 0 bridgehead atoms. The third kappa shape index (κ3) is 4.92. The zero-order chi connectivity index (χ0) is 17.8. The summed E-state index contributed by atoms with van der Waals surface area (Å²) in [5, 5.41) is 6.47. The number of aromatic nitrogens is 1. The number of carbonyl (C=O) groups is 1. The van der Waals surface area contributed by atoms with E-state index in [1.54, 1.807) is 0 Å². The van der Waals surface area contributed by atoms with Gasteiger partial charge < -0.3 is 15.6 Å². The van der Waals surface area contributed by atoms with Crippen LogP contribution in [0.25, 0.3) is 0 Å². The van der Waals surface area contributed by atoms with E-state index in [9.17, 15) is 13.2 Å². The van der Waals surface area contributed by atoms with Crippen molar-refractivity contribution in [2.24, 2.45) is 5.73 Å². The molecule has 1 aromatic heterocycles. The van der Waals surface area contributed by atoms with Crippen molar-refractivity contribution in [2.75, 3.05) is 6.54 Å². The third-order valence-corrected chi connectivity index (χ3v) is 5.88. The second-order valence-corrected chi connectivity index (χ2v) is 7.33. The summed E-state index contributed by atoms with van der Waals surface area (Å²) in [5.74, 6) is -0.240. The van der Waals surface area contributed by atoms with Gasteiger partial charge in [-0.05, 0) is 33.6 Å². The average Bonchev–Trinajstić information content (AvgIpc) is 2.84. The molecule has 8 nitrogen and oxygen atoms in total. The van der Waals surface area contributed by atoms with E-state index >= 15 is 0 Å². The van der Waals surface area contributed by atoms with Crippen LogP contribution in [0.1, 0.15) is 45.1 Å². The van der Waals surface area contributed by atoms with Gasteiger partial charge in [0.05, 0.1) is 11.6 Å². The lowest BCUT2D eigenvalue weighted by Gasteiger charge is -2.32. The first kappa shape index (κ1) is 22.8. The lowest BCUT2D eigenvalue weighted by Crippen LogP contribution is -2.57. The first-order chi connectivity index (χ1) is 10.6. The molecule has 1 unspecified atom stereocenters. The van der Waals surface area contributed by atoms with Crippen molar-refractivity contribution in [1.82, 2.24) is 15.2 Å². The Morgan fingerprint density at radius 2 is 1.88 bits per heavy atom. The van der Waals surface area contributed by atoms with Crippen LogP contribution in [0, 0.1) is 13.8 Å². The molecular weight excluding hydrogens is 356 g/mol. The summed E-state index contributed by atoms with van der Waals surface area (Å²) in [6, 6.07) is -0.947. The van der Waals surface area contributed by atoms with Gasteiger partial charge in [-0.15, -0.1) is 12.4 Å². The Labute approximate surface area is 149 Å². The smallest absolute Gasteiger partial charge is 0.246 e. The Morgan fingerprint density at radius 1 is 1.33 bits per heavy atom. The topological polar surface area (TPSA) is 127 Å². The number of nitrogens with two attached hydrogens (primary N) is 1. The van der Waals surface area contributed by atoms with Crippen molar-refractivity contribution in [3.63, 3.8) is 0 Å². The zero-order valence-electron chi connectivity index (χ0n) is 14.7. The van der Waals surface area contributed by atoms with Crippen LogP contribution in [-0.4, -0.2) is 37.6 Å². The van der Waals surface area contributed by atoms with Crippen LogP contribution in [0.4, 0.5) is 0 Å². The fourth-order valence-corrected chi connectivity index (χ4v) is 3.87. The molecule has 0 aromatic carbocycles. The number of halogens is 1. The number of hydrogen-bond donors (Lipinski definition) is 3. The van der Waals surface area contributed by atoms with Crippen LogP contribution < -0.4 is 15.8 Å². The highest BCUT2D eigenvalue weighted by molar-refractivity contribution is 7.89. The molecule has 0 aliphatic carbocycles. The Hall–Kier alpha value is -1.16. The van der Waals surface area contributed by atoms with Crippen molar-refractivity contribution < 1.29 is 17.7 Å². The van der Waals surface area contributed by atoms with Crippen molar-refractivity contribution in [3.05, 3.63) is 11.5 Å². The van der Waals surface area contributed by atoms with E-state index in [0.717, 1.165) is 0 Å². The first-order valence-corrected chi connectivity index (χ1v) is 9.08. The summed E-state index contributed by atoms with van der Waals surface area (Å²) in [6.07, 6.45) is 1.32. The van der Waals surface area contributed by atoms with Crippen molar-refractivity contribution in [2.45, 2.75) is 63.9 Å². The molecule has 24 heavy (non-hydrogen) atoms. The predicted molar refractivity (Wildman–Crippen MR) is 93.5 cm³/mol. The number of sulfonamides is 1. The van der Waals surface area contributed by atoms with Gasteiger partial charge in [0.1, 0.15) is 10.6 Å². The van der Waals surface area contributed by atoms with Crippen LogP contribution in [0.15, 0.2) is 9.42 Å². The maximum atomic E-state index is 12.4. The second-order valence-electron chi connectivity index (χ2n) is 5.68. The summed E-state index contributed by atoms with van der Waals surface area (Å²) >= 11 is 0. The molecule has 0 radical (unpaired) electrons. The molecule has 0 aliphatic rings. The molecule has 0 saturated carbocycles. The molecule has 1 atom stereocenters. The highest BCUT2D eigenvalue weighted by atomic mass is 35.5. The molecule has 4 N–H and O–H groups in total. The minimum atomic E-state index is -3.90. The number of nitrogens with zero attached hydrogens (tertiary/aromatic N) is 1. The Morgan fingerprint density at radius 3 is 2.25 bits per heavy atom. The Balaban J connectivity index is 0.00000529. The predicted octanol–water partition coefficient (Wildman–Crippen LogP) is 1.01. The molecule has 0 aliphatic heterocycles. The molecule has 1 heterocycles. The Kier molecular flexibility index (Phi) is 8.37. The maximum Gasteiger partial charge on any atom is 0.246 e. The van der Waals surface area contributed by atoms with Crippen LogP contribution in [-0.2, 0) is 14.8 Å². The molecule has 1 aromatic rings. The standard InChI is InChI=1S/C14H26N4O4S.ClH/c1-6-14(7-2,8-15)16-13(19)10(4)18-23(20,21)12-9(3)17-22-11(12)5;/h10,18H,6-8,15H2,1-5H3,(H,16,19);1H. The van der Waals surface area contributed by atoms with Gasteiger partial charge >= 0.3 is 0 Å². The minimum Gasteiger partial charge on any atom is -0.360 e. The van der Waals surface area contributed by atoms with Gasteiger partial charge in [0, 0.05) is 6.54 Å². The monoisotopic (exact) mass is 382 g/mol. The van der Waals surface area contributed by atoms with E-state index in [1.807, 2.05) is 13.8 Å². The van der Waals surface area contributed by atoms with Gasteiger partial charge in [-0.3, -0.25) is 4.79 Å². The molecule has 10 heteroatoms. The highest BCUT2D eigenvalue weighted by Crippen LogP contribution is 2.19. The van der Waals surface area contributed by atoms with Crippen molar-refractivity contribution in [1.29, 1.82) is 0 Å². The number of aryl methyl sites for hydroxylation is 2. The van der Waals surface area contributed by atoms with Gasteiger partial charge in [-0.1, -0.05) is 19.0 Å². The fourth-order valence-electron chi connectivity index (χ4n) is 2.34. The average molecular weight is 383 g/mol. The first-order valence-electron chi connectivity index (χ1n) is 7.59. The number of nitrogens with one attached hydrogen (secondary N) is 2. The lowest BCUT2D eigenvalue weighted by molar-refractivity contribution is -0.124. The molecule has 0 fully saturated rings. The summed E-state index contributed by atoms with van der Waals surface area (Å²) < 4.78 is 32.0. The SMILES string of the molecule is CCC(CC)(CN)NC(=O)C(C)NS(=O)(=O)c1c(C)noc1C.Cl. The zero-order valence-corrected chi connectivity index (χ0v) is 16.3. The van der Waals surface area contributed by atoms with Gasteiger partial charge in [-0.2, -0.15) is 4.72 Å². The largest absolute Gasteiger partial charge is 0.360 e. The van der Waals surface area contributed by atoms with E-state index in [0.29, 0.717) is 12.8 Å². The minimum absolute atomic E-state index is 0. The number of hydrogen-bond acceptors (Lipinski definition) is 6. The van der Waals surface area contributed by atoms with Gasteiger partial charge in [-0.25, -0.2) is 8.42 Å². The third-order valence-electron chi connectivity index (χ3n) is 4.09. The summed E-state index contributed by atoms with van der Waals surface area (Å²) in [4.78, 5) is 12.3. The van der Waals surface area contributed by atoms with Gasteiger partial charge in [0.2, 0.25) is 15.9 Å². The normalized spacial score (nSPS) is 13.2. The summed E-state index contributed by atoms with van der Waals surface area (Å²) in [6.45, 7) is 8.66. The van der Waals surface area contributed by atoms with E-state index in [4.69, 9.17) is 10.3 Å². The van der Waals surface area contributed by atoms with Crippen LogP contribution in [0.5, 0.6) is 0 Å². The van der Waals surface area contributed by atoms with E-state index in [2.05, 4.69) is 15.2 Å². The van der Waals surface area contributed by atoms with E-state index in [1.165, 1.54) is 20.8 Å². The lowest BCUT2D eigenvalue weighted by atomic mass is 9.92. The van der Waals surface area contributed by atoms with Crippen LogP contribution in [0.2, 0.25) is 0 Å². The highest BCUT2D eigenvalue weighted by Gasteiger charge is 2.32. The second kappa shape index (κ2) is 8.80. The molecule has 0 saturated heterocycles. The summed E-state index contributed by atoms with van der Waals surface area (Å²) in [7, 11) is -3.90. The Bertz CT molecular complexity index is 628. The van der Waals surface area contributed by atoms with Crippen LogP contribution >= 0.6 is 12.4 Å². The molecular formula is C14H27ClN4O4S. The molecule has 1 amide bonds. The fraction of sp³-hybridized carbons (Fsp3) is 0.714. The van der Waals surface area contributed by atoms with Crippen molar-refractivity contribution >= 4 is 28.3 Å².